The zero-order valence-corrected chi connectivity index (χ0v) is 31.6. The van der Waals surface area contributed by atoms with Gasteiger partial charge in [-0.25, -0.2) is 4.98 Å². The Balaban J connectivity index is 1.32. The smallest absolute Gasteiger partial charge is 0.148 e. The fourth-order valence-corrected chi connectivity index (χ4v) is 7.51. The van der Waals surface area contributed by atoms with Crippen molar-refractivity contribution in [3.63, 3.8) is 0 Å². The van der Waals surface area contributed by atoms with E-state index in [2.05, 4.69) is 151 Å². The minimum atomic E-state index is 0.208. The summed E-state index contributed by atoms with van der Waals surface area (Å²) in [5.41, 5.74) is 13.5. The Kier molecular flexibility index (Phi) is 9.59. The van der Waals surface area contributed by atoms with Crippen molar-refractivity contribution >= 4 is 10.8 Å². The van der Waals surface area contributed by atoms with Crippen LogP contribution in [0.5, 0.6) is 5.75 Å². The van der Waals surface area contributed by atoms with Crippen LogP contribution >= 0.6 is 0 Å². The van der Waals surface area contributed by atoms with Gasteiger partial charge in [0.25, 0.3) is 0 Å². The van der Waals surface area contributed by atoms with Crippen LogP contribution < -0.4 is 0 Å². The third-order valence-electron chi connectivity index (χ3n) is 10.3. The van der Waals surface area contributed by atoms with E-state index in [0.29, 0.717) is 35.1 Å². The Morgan fingerprint density at radius 2 is 1.10 bits per heavy atom. The molecule has 0 fully saturated rings. The van der Waals surface area contributed by atoms with E-state index in [1.165, 1.54) is 33.4 Å². The summed E-state index contributed by atoms with van der Waals surface area (Å²) in [7, 11) is 0. The molecule has 4 heteroatoms. The zero-order valence-electron chi connectivity index (χ0n) is 31.6. The average Bonchev–Trinajstić information content (AvgIpc) is 3.59. The lowest BCUT2D eigenvalue weighted by Crippen LogP contribution is -2.07. The summed E-state index contributed by atoms with van der Waals surface area (Å²) in [4.78, 5) is 10.2. The van der Waals surface area contributed by atoms with E-state index in [4.69, 9.17) is 9.97 Å². The molecule has 0 saturated carbocycles. The van der Waals surface area contributed by atoms with Gasteiger partial charge < -0.3 is 5.11 Å². The summed E-state index contributed by atoms with van der Waals surface area (Å²) in [6.45, 7) is 18.0. The number of hydrogen-bond donors (Lipinski definition) is 1. The van der Waals surface area contributed by atoms with Gasteiger partial charge in [0.05, 0.1) is 22.6 Å². The lowest BCUT2D eigenvalue weighted by atomic mass is 9.84. The minimum absolute atomic E-state index is 0.208. The first-order chi connectivity index (χ1) is 25.0. The van der Waals surface area contributed by atoms with Gasteiger partial charge in [0.1, 0.15) is 11.6 Å². The molecule has 0 amide bonds. The molecule has 262 valence electrons. The maximum absolute atomic E-state index is 11.0. The Morgan fingerprint density at radius 1 is 0.519 bits per heavy atom. The van der Waals surface area contributed by atoms with Crippen LogP contribution in [0.25, 0.3) is 61.5 Å². The molecule has 0 bridgehead atoms. The quantitative estimate of drug-likeness (QED) is 0.165. The second-order valence-corrected chi connectivity index (χ2v) is 15.3. The predicted octanol–water partition coefficient (Wildman–Crippen LogP) is 13.3. The normalized spacial score (nSPS) is 11.8. The molecule has 0 aliphatic heterocycles. The first-order valence-corrected chi connectivity index (χ1v) is 18.7. The first-order valence-electron chi connectivity index (χ1n) is 18.7. The number of fused-ring (bicyclic) bond motifs is 1. The van der Waals surface area contributed by atoms with Crippen LogP contribution in [-0.4, -0.2) is 19.6 Å². The second-order valence-electron chi connectivity index (χ2n) is 15.3. The fourth-order valence-electron chi connectivity index (χ4n) is 7.51. The molecule has 2 heterocycles. The van der Waals surface area contributed by atoms with Crippen LogP contribution in [0, 0.1) is 0 Å². The van der Waals surface area contributed by atoms with Crippen LogP contribution in [0.2, 0.25) is 0 Å². The second kappa shape index (κ2) is 14.3. The predicted molar refractivity (Wildman–Crippen MR) is 219 cm³/mol. The Bertz CT molecular complexity index is 2340. The highest BCUT2D eigenvalue weighted by Gasteiger charge is 2.23. The summed E-state index contributed by atoms with van der Waals surface area (Å²) in [5.74, 6) is 2.39. The standard InChI is InChI=1S/C48H49N3O/c1-29(2)38-17-12-18-39(30(3)4)46(38)36-23-22-33-26-43(49-27-37(33)25-36)34-14-11-15-35(24-34)44-28-51(48(50-44)42-16-9-10-21-45(42)52)47-40(31(5)6)19-13-20-41(47)32(7)8/h9-32,52H,1-8H3. The number of rotatable bonds is 9. The molecule has 0 saturated heterocycles. The average molecular weight is 684 g/mol. The number of imidazole rings is 1. The van der Waals surface area contributed by atoms with Crippen LogP contribution in [0.1, 0.15) is 101 Å². The molecule has 4 nitrogen and oxygen atoms in total. The molecule has 5 aromatic carbocycles. The number of benzene rings is 5. The molecule has 1 N–H and O–H groups in total. The van der Waals surface area contributed by atoms with Crippen molar-refractivity contribution < 1.29 is 5.11 Å². The van der Waals surface area contributed by atoms with Gasteiger partial charge in [0.15, 0.2) is 0 Å². The van der Waals surface area contributed by atoms with Gasteiger partial charge in [0.2, 0.25) is 0 Å². The molecular formula is C48H49N3O. The summed E-state index contributed by atoms with van der Waals surface area (Å²) in [5, 5.41) is 13.3. The number of nitrogens with zero attached hydrogens (tertiary/aromatic N) is 3. The molecule has 0 aliphatic rings. The highest BCUT2D eigenvalue weighted by atomic mass is 16.3. The van der Waals surface area contributed by atoms with Gasteiger partial charge in [0, 0.05) is 28.9 Å². The fraction of sp³-hybridized carbons (Fsp3) is 0.250. The maximum Gasteiger partial charge on any atom is 0.148 e. The number of para-hydroxylation sites is 2. The van der Waals surface area contributed by atoms with E-state index >= 15 is 0 Å². The highest BCUT2D eigenvalue weighted by Crippen LogP contribution is 2.40. The lowest BCUT2D eigenvalue weighted by molar-refractivity contribution is 0.477. The maximum atomic E-state index is 11.0. The van der Waals surface area contributed by atoms with E-state index < -0.39 is 0 Å². The van der Waals surface area contributed by atoms with Crippen molar-refractivity contribution in [3.05, 3.63) is 144 Å². The SMILES string of the molecule is CC(C)c1cccc(C(C)C)c1-c1ccc2cc(-c3cccc(-c4cn(-c5c(C(C)C)cccc5C(C)C)c(-c5ccccc5O)n4)c3)ncc2c1. The Morgan fingerprint density at radius 3 is 1.71 bits per heavy atom. The summed E-state index contributed by atoms with van der Waals surface area (Å²) in [6.07, 6.45) is 4.14. The Hall–Kier alpha value is -5.48. The first kappa shape index (κ1) is 34.9. The minimum Gasteiger partial charge on any atom is -0.507 e. The molecule has 7 aromatic rings. The molecule has 52 heavy (non-hydrogen) atoms. The number of pyridine rings is 1. The summed E-state index contributed by atoms with van der Waals surface area (Å²) in [6, 6.07) is 38.2. The van der Waals surface area contributed by atoms with Crippen LogP contribution in [0.15, 0.2) is 122 Å². The van der Waals surface area contributed by atoms with Crippen molar-refractivity contribution in [1.29, 1.82) is 0 Å². The van der Waals surface area contributed by atoms with Gasteiger partial charge in [-0.1, -0.05) is 134 Å². The van der Waals surface area contributed by atoms with Crippen molar-refractivity contribution in [3.8, 4) is 56.5 Å². The largest absolute Gasteiger partial charge is 0.507 e. The van der Waals surface area contributed by atoms with E-state index in [-0.39, 0.29) is 5.75 Å². The van der Waals surface area contributed by atoms with Gasteiger partial charge in [-0.2, -0.15) is 0 Å². The highest BCUT2D eigenvalue weighted by molar-refractivity contribution is 5.90. The molecule has 0 aliphatic carbocycles. The van der Waals surface area contributed by atoms with Crippen molar-refractivity contribution in [2.45, 2.75) is 79.1 Å². The van der Waals surface area contributed by atoms with Crippen molar-refractivity contribution in [2.75, 3.05) is 0 Å². The van der Waals surface area contributed by atoms with Gasteiger partial charge in [-0.15, -0.1) is 0 Å². The summed E-state index contributed by atoms with van der Waals surface area (Å²) < 4.78 is 2.19. The van der Waals surface area contributed by atoms with Crippen LogP contribution in [-0.2, 0) is 0 Å². The van der Waals surface area contributed by atoms with E-state index in [9.17, 15) is 5.11 Å². The van der Waals surface area contributed by atoms with Crippen molar-refractivity contribution in [2.24, 2.45) is 0 Å². The molecule has 7 rings (SSSR count). The van der Waals surface area contributed by atoms with E-state index in [0.717, 1.165) is 39.0 Å². The van der Waals surface area contributed by atoms with E-state index in [1.807, 2.05) is 24.4 Å². The van der Waals surface area contributed by atoms with Gasteiger partial charge >= 0.3 is 0 Å². The third-order valence-corrected chi connectivity index (χ3v) is 10.3. The molecule has 0 unspecified atom stereocenters. The Labute approximate surface area is 308 Å². The molecule has 0 radical (unpaired) electrons. The molecule has 2 aromatic heterocycles. The lowest BCUT2D eigenvalue weighted by Gasteiger charge is -2.22. The number of hydrogen-bond acceptors (Lipinski definition) is 3. The van der Waals surface area contributed by atoms with Gasteiger partial charge in [-0.05, 0) is 92.8 Å². The van der Waals surface area contributed by atoms with Crippen molar-refractivity contribution in [1.82, 2.24) is 14.5 Å². The van der Waals surface area contributed by atoms with Gasteiger partial charge in [-0.3, -0.25) is 9.55 Å². The monoisotopic (exact) mass is 683 g/mol. The number of aromatic nitrogens is 3. The van der Waals surface area contributed by atoms with Crippen LogP contribution in [0.3, 0.4) is 0 Å². The molecule has 0 spiro atoms. The van der Waals surface area contributed by atoms with E-state index in [1.54, 1.807) is 6.07 Å². The topological polar surface area (TPSA) is 50.9 Å². The zero-order chi connectivity index (χ0) is 36.7. The number of phenolic OH excluding ortho intramolecular Hbond substituents is 1. The van der Waals surface area contributed by atoms with Crippen LogP contribution in [0.4, 0.5) is 0 Å². The molecule has 0 atom stereocenters. The number of phenols is 1. The molecular weight excluding hydrogens is 635 g/mol. The summed E-state index contributed by atoms with van der Waals surface area (Å²) >= 11 is 0. The third kappa shape index (κ3) is 6.54. The number of aromatic hydroxyl groups is 1.